The van der Waals surface area contributed by atoms with Gasteiger partial charge in [-0.3, -0.25) is 9.78 Å². The summed E-state index contributed by atoms with van der Waals surface area (Å²) in [4.78, 5) is 28.1. The number of hydrogen-bond donors (Lipinski definition) is 0. The zero-order valence-electron chi connectivity index (χ0n) is 15.4. The van der Waals surface area contributed by atoms with Crippen LogP contribution in [0.5, 0.6) is 0 Å². The lowest BCUT2D eigenvalue weighted by molar-refractivity contribution is -0.139. The normalized spacial score (nSPS) is 16.3. The fraction of sp³-hybridized carbons (Fsp3) is 0.400. The van der Waals surface area contributed by atoms with Crippen LogP contribution in [0, 0.1) is 5.92 Å². The van der Waals surface area contributed by atoms with E-state index in [4.69, 9.17) is 14.7 Å². The minimum atomic E-state index is -0.213. The fourth-order valence-corrected chi connectivity index (χ4v) is 5.67. The number of hydrogen-bond acceptors (Lipinski definition) is 7. The molecule has 1 atom stereocenters. The van der Waals surface area contributed by atoms with Gasteiger partial charge in [0.05, 0.1) is 12.4 Å². The van der Waals surface area contributed by atoms with E-state index in [2.05, 4.69) is 11.9 Å². The van der Waals surface area contributed by atoms with Crippen LogP contribution in [0.3, 0.4) is 0 Å². The Morgan fingerprint density at radius 2 is 2.30 bits per heavy atom. The Bertz CT molecular complexity index is 972. The molecule has 1 aliphatic carbocycles. The van der Waals surface area contributed by atoms with Gasteiger partial charge in [-0.25, -0.2) is 9.97 Å². The average Bonchev–Trinajstić information content (AvgIpc) is 3.04. The van der Waals surface area contributed by atoms with Crippen molar-refractivity contribution in [3.05, 3.63) is 35.0 Å². The number of esters is 1. The fourth-order valence-electron chi connectivity index (χ4n) is 3.37. The minimum Gasteiger partial charge on any atom is -0.465 e. The van der Waals surface area contributed by atoms with Gasteiger partial charge in [-0.1, -0.05) is 18.7 Å². The summed E-state index contributed by atoms with van der Waals surface area (Å²) in [6.07, 6.45) is 6.85. The smallest absolute Gasteiger partial charge is 0.316 e. The third kappa shape index (κ3) is 3.84. The quantitative estimate of drug-likeness (QED) is 0.357. The number of rotatable bonds is 5. The highest BCUT2D eigenvalue weighted by molar-refractivity contribution is 8.00. The Morgan fingerprint density at radius 1 is 1.41 bits per heavy atom. The van der Waals surface area contributed by atoms with Crippen molar-refractivity contribution in [2.75, 3.05) is 12.4 Å². The summed E-state index contributed by atoms with van der Waals surface area (Å²) in [6.45, 7) is 4.52. The van der Waals surface area contributed by atoms with E-state index in [-0.39, 0.29) is 11.7 Å². The summed E-state index contributed by atoms with van der Waals surface area (Å²) < 4.78 is 5.09. The molecule has 0 saturated heterocycles. The molecule has 0 N–H and O–H groups in total. The molecule has 0 aromatic carbocycles. The van der Waals surface area contributed by atoms with Crippen LogP contribution < -0.4 is 0 Å². The van der Waals surface area contributed by atoms with Crippen molar-refractivity contribution in [1.82, 2.24) is 15.0 Å². The van der Waals surface area contributed by atoms with Crippen molar-refractivity contribution in [2.24, 2.45) is 5.92 Å². The van der Waals surface area contributed by atoms with E-state index < -0.39 is 0 Å². The van der Waals surface area contributed by atoms with Crippen LogP contribution in [-0.4, -0.2) is 33.3 Å². The van der Waals surface area contributed by atoms with E-state index in [0.717, 1.165) is 33.6 Å². The molecule has 0 bridgehead atoms. The van der Waals surface area contributed by atoms with Gasteiger partial charge in [0.15, 0.2) is 5.82 Å². The molecule has 0 fully saturated rings. The molecule has 140 valence electrons. The lowest BCUT2D eigenvalue weighted by atomic mass is 9.89. The Morgan fingerprint density at radius 3 is 3.07 bits per heavy atom. The number of carbonyl (C=O) groups is 1. The first-order valence-electron chi connectivity index (χ1n) is 9.16. The van der Waals surface area contributed by atoms with Gasteiger partial charge in [0.25, 0.3) is 0 Å². The summed E-state index contributed by atoms with van der Waals surface area (Å²) in [5.41, 5.74) is 2.26. The number of ether oxygens (including phenoxy) is 1. The molecule has 27 heavy (non-hydrogen) atoms. The first-order chi connectivity index (χ1) is 13.2. The lowest BCUT2D eigenvalue weighted by Crippen LogP contribution is -2.09. The Balaban J connectivity index is 1.80. The zero-order chi connectivity index (χ0) is 18.8. The van der Waals surface area contributed by atoms with Gasteiger partial charge in [-0.05, 0) is 49.8 Å². The van der Waals surface area contributed by atoms with Crippen molar-refractivity contribution in [2.45, 2.75) is 38.1 Å². The van der Waals surface area contributed by atoms with Crippen LogP contribution in [0.2, 0.25) is 0 Å². The number of pyridine rings is 1. The number of thiophene rings is 1. The Hall–Kier alpha value is -1.99. The van der Waals surface area contributed by atoms with E-state index in [1.54, 1.807) is 23.7 Å². The maximum absolute atomic E-state index is 11.9. The maximum atomic E-state index is 11.9. The Labute approximate surface area is 166 Å². The van der Waals surface area contributed by atoms with Gasteiger partial charge in [-0.15, -0.1) is 11.3 Å². The van der Waals surface area contributed by atoms with Crippen LogP contribution in [0.1, 0.15) is 30.7 Å². The highest BCUT2D eigenvalue weighted by Gasteiger charge is 2.24. The predicted molar refractivity (Wildman–Crippen MR) is 109 cm³/mol. The van der Waals surface area contributed by atoms with Crippen LogP contribution in [0.4, 0.5) is 0 Å². The number of carbonyl (C=O) groups excluding carboxylic acids is 1. The van der Waals surface area contributed by atoms with E-state index >= 15 is 0 Å². The molecule has 7 heteroatoms. The third-order valence-corrected chi connectivity index (χ3v) is 6.77. The van der Waals surface area contributed by atoms with Gasteiger partial charge < -0.3 is 4.74 Å². The molecular weight excluding hydrogens is 378 g/mol. The van der Waals surface area contributed by atoms with Gasteiger partial charge in [0, 0.05) is 28.2 Å². The van der Waals surface area contributed by atoms with Gasteiger partial charge in [0.1, 0.15) is 9.86 Å². The summed E-state index contributed by atoms with van der Waals surface area (Å²) in [6, 6.07) is 3.85. The molecule has 0 radical (unpaired) electrons. The number of nitrogens with zero attached hydrogens (tertiary/aromatic N) is 3. The molecule has 1 aliphatic rings. The van der Waals surface area contributed by atoms with Crippen molar-refractivity contribution >= 4 is 39.3 Å². The van der Waals surface area contributed by atoms with E-state index in [9.17, 15) is 4.79 Å². The van der Waals surface area contributed by atoms with Crippen LogP contribution in [0.25, 0.3) is 21.6 Å². The first kappa shape index (κ1) is 18.4. The molecular formula is C20H21N3O2S2. The van der Waals surface area contributed by atoms with E-state index in [0.29, 0.717) is 18.3 Å². The second kappa shape index (κ2) is 7.94. The van der Waals surface area contributed by atoms with Crippen molar-refractivity contribution < 1.29 is 9.53 Å². The summed E-state index contributed by atoms with van der Waals surface area (Å²) >= 11 is 3.22. The molecule has 0 aliphatic heterocycles. The first-order valence-corrected chi connectivity index (χ1v) is 11.0. The number of aryl methyl sites for hydroxylation is 1. The van der Waals surface area contributed by atoms with Gasteiger partial charge in [0.2, 0.25) is 0 Å². The third-order valence-electron chi connectivity index (χ3n) is 4.67. The molecule has 3 aromatic heterocycles. The highest BCUT2D eigenvalue weighted by Crippen LogP contribution is 2.41. The molecule has 0 unspecified atom stereocenters. The molecule has 3 aromatic rings. The summed E-state index contributed by atoms with van der Waals surface area (Å²) in [5.74, 6) is 1.41. The summed E-state index contributed by atoms with van der Waals surface area (Å²) in [7, 11) is 0. The van der Waals surface area contributed by atoms with Gasteiger partial charge in [-0.2, -0.15) is 0 Å². The topological polar surface area (TPSA) is 65.0 Å². The number of fused-ring (bicyclic) bond motifs is 3. The monoisotopic (exact) mass is 399 g/mol. The van der Waals surface area contributed by atoms with E-state index in [1.807, 2.05) is 19.1 Å². The highest BCUT2D eigenvalue weighted by atomic mass is 32.2. The molecule has 0 amide bonds. The maximum Gasteiger partial charge on any atom is 0.316 e. The van der Waals surface area contributed by atoms with Crippen molar-refractivity contribution in [3.63, 3.8) is 0 Å². The van der Waals surface area contributed by atoms with Crippen LogP contribution in [0.15, 0.2) is 29.6 Å². The second-order valence-electron chi connectivity index (χ2n) is 6.72. The van der Waals surface area contributed by atoms with E-state index in [1.165, 1.54) is 28.6 Å². The molecule has 3 heterocycles. The summed E-state index contributed by atoms with van der Waals surface area (Å²) in [5, 5.41) is 2.00. The second-order valence-corrected chi connectivity index (χ2v) is 8.77. The number of aromatic nitrogens is 3. The lowest BCUT2D eigenvalue weighted by Gasteiger charge is -2.18. The predicted octanol–water partition coefficient (Wildman–Crippen LogP) is 4.53. The molecule has 4 rings (SSSR count). The average molecular weight is 400 g/mol. The Kier molecular flexibility index (Phi) is 5.41. The van der Waals surface area contributed by atoms with Crippen molar-refractivity contribution in [3.8, 4) is 11.4 Å². The van der Waals surface area contributed by atoms with Gasteiger partial charge >= 0.3 is 5.97 Å². The largest absolute Gasteiger partial charge is 0.465 e. The molecule has 0 spiro atoms. The standard InChI is InChI=1S/C20H21N3O2S2/c1-3-25-16(24)11-26-19-17-14-7-6-12(2)9-15(14)27-20(17)23-18(22-19)13-5-4-8-21-10-13/h4-5,8,10,12H,3,6-7,9,11H2,1-2H3/t12-/m1/s1. The SMILES string of the molecule is CCOC(=O)CSc1nc(-c2cccnc2)nc2sc3c(c12)CC[C@@H](C)C3. The van der Waals surface area contributed by atoms with Crippen LogP contribution >= 0.6 is 23.1 Å². The molecule has 5 nitrogen and oxygen atoms in total. The van der Waals surface area contributed by atoms with Crippen molar-refractivity contribution in [1.29, 1.82) is 0 Å². The molecule has 0 saturated carbocycles. The number of thioether (sulfide) groups is 1. The van der Waals surface area contributed by atoms with Crippen LogP contribution in [-0.2, 0) is 22.4 Å². The zero-order valence-corrected chi connectivity index (χ0v) is 17.0. The minimum absolute atomic E-state index is 0.213.